The summed E-state index contributed by atoms with van der Waals surface area (Å²) in [5.41, 5.74) is 0. The molecule has 1 heterocycles. The maximum atomic E-state index is 10.9. The normalized spacial score (nSPS) is 10.3. The highest BCUT2D eigenvalue weighted by atomic mass is 16.5. The monoisotopic (exact) mass is 245 g/mol. The van der Waals surface area contributed by atoms with Gasteiger partial charge in [-0.1, -0.05) is 6.07 Å². The fourth-order valence-corrected chi connectivity index (χ4v) is 1.66. The summed E-state index contributed by atoms with van der Waals surface area (Å²) < 4.78 is 10.1. The Hall–Kier alpha value is -2.10. The lowest BCUT2D eigenvalue weighted by Gasteiger charge is -2.06. The zero-order chi connectivity index (χ0) is 12.8. The second-order valence-corrected chi connectivity index (χ2v) is 3.91. The molecule has 2 aromatic rings. The van der Waals surface area contributed by atoms with E-state index >= 15 is 0 Å². The summed E-state index contributed by atoms with van der Waals surface area (Å²) in [6, 6.07) is 7.81. The highest BCUT2D eigenvalue weighted by Crippen LogP contribution is 2.19. The van der Waals surface area contributed by atoms with Crippen LogP contribution in [0.25, 0.3) is 10.8 Å². The van der Waals surface area contributed by atoms with Crippen molar-refractivity contribution in [3.63, 3.8) is 0 Å². The van der Waals surface area contributed by atoms with Crippen molar-refractivity contribution in [2.45, 2.75) is 12.8 Å². The second-order valence-electron chi connectivity index (χ2n) is 3.91. The van der Waals surface area contributed by atoms with Gasteiger partial charge in [0.2, 0.25) is 0 Å². The first-order chi connectivity index (χ1) is 8.79. The van der Waals surface area contributed by atoms with Crippen molar-refractivity contribution >= 4 is 16.7 Å². The lowest BCUT2D eigenvalue weighted by atomic mass is 10.2. The molecular formula is C14H15NO3. The molecule has 0 saturated heterocycles. The molecule has 0 aliphatic rings. The Bertz CT molecular complexity index is 539. The number of ether oxygens (including phenoxy) is 2. The average Bonchev–Trinajstić information content (AvgIpc) is 2.43. The summed E-state index contributed by atoms with van der Waals surface area (Å²) in [4.78, 5) is 15.0. The summed E-state index contributed by atoms with van der Waals surface area (Å²) in [5, 5.41) is 2.18. The molecule has 0 amide bonds. The van der Waals surface area contributed by atoms with Crippen LogP contribution in [0.3, 0.4) is 0 Å². The van der Waals surface area contributed by atoms with Gasteiger partial charge in [0, 0.05) is 24.2 Å². The molecule has 0 atom stereocenters. The van der Waals surface area contributed by atoms with Crippen molar-refractivity contribution in [1.82, 2.24) is 4.98 Å². The number of pyridine rings is 1. The van der Waals surface area contributed by atoms with Crippen LogP contribution < -0.4 is 4.74 Å². The molecule has 0 saturated carbocycles. The van der Waals surface area contributed by atoms with Crippen LogP contribution in [-0.4, -0.2) is 24.7 Å². The third-order valence-corrected chi connectivity index (χ3v) is 2.63. The van der Waals surface area contributed by atoms with E-state index in [9.17, 15) is 4.79 Å². The predicted octanol–water partition coefficient (Wildman–Crippen LogP) is 2.57. The smallest absolute Gasteiger partial charge is 0.305 e. The molecule has 0 radical (unpaired) electrons. The number of carbonyl (C=O) groups is 1. The van der Waals surface area contributed by atoms with Crippen LogP contribution in [-0.2, 0) is 9.53 Å². The maximum Gasteiger partial charge on any atom is 0.305 e. The highest BCUT2D eigenvalue weighted by molar-refractivity contribution is 5.82. The van der Waals surface area contributed by atoms with Gasteiger partial charge in [-0.15, -0.1) is 0 Å². The van der Waals surface area contributed by atoms with Crippen molar-refractivity contribution < 1.29 is 14.3 Å². The van der Waals surface area contributed by atoms with Crippen LogP contribution in [0.2, 0.25) is 0 Å². The van der Waals surface area contributed by atoms with Crippen molar-refractivity contribution in [1.29, 1.82) is 0 Å². The molecule has 0 unspecified atom stereocenters. The van der Waals surface area contributed by atoms with Crippen LogP contribution in [0.5, 0.6) is 5.75 Å². The molecule has 1 aromatic carbocycles. The summed E-state index contributed by atoms with van der Waals surface area (Å²) in [6.07, 6.45) is 4.60. The summed E-state index contributed by atoms with van der Waals surface area (Å²) in [6.45, 7) is 0.501. The Morgan fingerprint density at radius 2 is 2.17 bits per heavy atom. The van der Waals surface area contributed by atoms with E-state index in [2.05, 4.69) is 9.72 Å². The topological polar surface area (TPSA) is 48.4 Å². The van der Waals surface area contributed by atoms with E-state index in [1.807, 2.05) is 24.3 Å². The fraction of sp³-hybridized carbons (Fsp3) is 0.286. The molecule has 0 fully saturated rings. The van der Waals surface area contributed by atoms with Crippen LogP contribution >= 0.6 is 0 Å². The zero-order valence-corrected chi connectivity index (χ0v) is 10.3. The van der Waals surface area contributed by atoms with E-state index < -0.39 is 0 Å². The van der Waals surface area contributed by atoms with E-state index in [-0.39, 0.29) is 5.97 Å². The lowest BCUT2D eigenvalue weighted by molar-refractivity contribution is -0.140. The maximum absolute atomic E-state index is 10.9. The molecule has 4 heteroatoms. The van der Waals surface area contributed by atoms with Gasteiger partial charge in [-0.25, -0.2) is 0 Å². The molecule has 0 aliphatic carbocycles. The van der Waals surface area contributed by atoms with Gasteiger partial charge < -0.3 is 9.47 Å². The number of aromatic nitrogens is 1. The van der Waals surface area contributed by atoms with E-state index in [1.165, 1.54) is 7.11 Å². The van der Waals surface area contributed by atoms with Crippen LogP contribution in [0.15, 0.2) is 36.7 Å². The van der Waals surface area contributed by atoms with Gasteiger partial charge >= 0.3 is 5.97 Å². The van der Waals surface area contributed by atoms with Crippen LogP contribution in [0.1, 0.15) is 12.8 Å². The molecule has 2 rings (SSSR count). The number of carbonyl (C=O) groups excluding carboxylic acids is 1. The first-order valence-electron chi connectivity index (χ1n) is 5.83. The van der Waals surface area contributed by atoms with Gasteiger partial charge in [0.25, 0.3) is 0 Å². The van der Waals surface area contributed by atoms with Gasteiger partial charge in [0.1, 0.15) is 5.75 Å². The molecule has 4 nitrogen and oxygen atoms in total. The molecular weight excluding hydrogens is 230 g/mol. The number of rotatable bonds is 5. The molecule has 0 aliphatic heterocycles. The van der Waals surface area contributed by atoms with Crippen molar-refractivity contribution in [2.75, 3.05) is 13.7 Å². The van der Waals surface area contributed by atoms with Crippen LogP contribution in [0, 0.1) is 0 Å². The molecule has 18 heavy (non-hydrogen) atoms. The van der Waals surface area contributed by atoms with E-state index in [1.54, 1.807) is 12.4 Å². The summed E-state index contributed by atoms with van der Waals surface area (Å²) >= 11 is 0. The minimum absolute atomic E-state index is 0.207. The van der Waals surface area contributed by atoms with Gasteiger partial charge in [-0.05, 0) is 30.0 Å². The fourth-order valence-electron chi connectivity index (χ4n) is 1.66. The second kappa shape index (κ2) is 6.00. The third kappa shape index (κ3) is 3.20. The molecule has 1 aromatic heterocycles. The Labute approximate surface area is 106 Å². The SMILES string of the molecule is COC(=O)CCCOc1ccc2ccncc2c1. The van der Waals surface area contributed by atoms with Crippen molar-refractivity contribution in [3.05, 3.63) is 36.7 Å². The number of fused-ring (bicyclic) bond motifs is 1. The first kappa shape index (κ1) is 12.4. The Morgan fingerprint density at radius 1 is 1.28 bits per heavy atom. The van der Waals surface area contributed by atoms with Crippen molar-refractivity contribution in [2.24, 2.45) is 0 Å². The standard InChI is InChI=1S/C14H15NO3/c1-17-14(16)3-2-8-18-13-5-4-11-6-7-15-10-12(11)9-13/h4-7,9-10H,2-3,8H2,1H3. The van der Waals surface area contributed by atoms with Gasteiger partial charge in [-0.3, -0.25) is 9.78 Å². The van der Waals surface area contributed by atoms with Gasteiger partial charge in [-0.2, -0.15) is 0 Å². The third-order valence-electron chi connectivity index (χ3n) is 2.63. The summed E-state index contributed by atoms with van der Waals surface area (Å²) in [7, 11) is 1.39. The minimum atomic E-state index is -0.207. The Kier molecular flexibility index (Phi) is 4.12. The summed E-state index contributed by atoms with van der Waals surface area (Å²) in [5.74, 6) is 0.585. The number of nitrogens with zero attached hydrogens (tertiary/aromatic N) is 1. The quantitative estimate of drug-likeness (QED) is 0.600. The Morgan fingerprint density at radius 3 is 3.00 bits per heavy atom. The lowest BCUT2D eigenvalue weighted by Crippen LogP contribution is -2.04. The van der Waals surface area contributed by atoms with E-state index in [4.69, 9.17) is 4.74 Å². The Balaban J connectivity index is 1.90. The number of benzene rings is 1. The number of esters is 1. The van der Waals surface area contributed by atoms with Crippen molar-refractivity contribution in [3.8, 4) is 5.75 Å². The largest absolute Gasteiger partial charge is 0.494 e. The number of hydrogen-bond donors (Lipinski definition) is 0. The van der Waals surface area contributed by atoms with E-state index in [0.717, 1.165) is 16.5 Å². The zero-order valence-electron chi connectivity index (χ0n) is 10.3. The molecule has 0 N–H and O–H groups in total. The highest BCUT2D eigenvalue weighted by Gasteiger charge is 2.01. The van der Waals surface area contributed by atoms with Gasteiger partial charge in [0.15, 0.2) is 0 Å². The molecule has 0 bridgehead atoms. The average molecular weight is 245 g/mol. The van der Waals surface area contributed by atoms with E-state index in [0.29, 0.717) is 19.4 Å². The predicted molar refractivity (Wildman–Crippen MR) is 68.5 cm³/mol. The minimum Gasteiger partial charge on any atom is -0.494 e. The van der Waals surface area contributed by atoms with Gasteiger partial charge in [0.05, 0.1) is 13.7 Å². The molecule has 0 spiro atoms. The molecule has 94 valence electrons. The first-order valence-corrected chi connectivity index (χ1v) is 5.83. The number of hydrogen-bond acceptors (Lipinski definition) is 4. The van der Waals surface area contributed by atoms with Crippen LogP contribution in [0.4, 0.5) is 0 Å². The number of methoxy groups -OCH3 is 1.